The molecule has 1 aromatic carbocycles. The van der Waals surface area contributed by atoms with Crippen LogP contribution in [0.5, 0.6) is 0 Å². The van der Waals surface area contributed by atoms with Gasteiger partial charge in [-0.05, 0) is 25.1 Å². The molecule has 0 saturated carbocycles. The molecule has 134 valence electrons. The molecule has 3 rings (SSSR count). The normalized spacial score (nSPS) is 11.8. The molecule has 0 atom stereocenters. The fraction of sp³-hybridized carbons (Fsp3) is 0.263. The maximum Gasteiger partial charge on any atom is 0.251 e. The zero-order chi connectivity index (χ0) is 18.7. The van der Waals surface area contributed by atoms with Crippen molar-refractivity contribution in [2.75, 3.05) is 5.32 Å². The third-order valence-electron chi connectivity index (χ3n) is 3.93. The van der Waals surface area contributed by atoms with E-state index in [9.17, 15) is 4.79 Å². The molecule has 0 aliphatic rings. The maximum absolute atomic E-state index is 12.6. The molecule has 2 heterocycles. The van der Waals surface area contributed by atoms with Gasteiger partial charge in [0.05, 0.1) is 11.9 Å². The minimum atomic E-state index is -0.180. The van der Waals surface area contributed by atoms with Crippen LogP contribution in [0.2, 0.25) is 0 Å². The maximum atomic E-state index is 12.6. The minimum absolute atomic E-state index is 0.180. The van der Waals surface area contributed by atoms with Gasteiger partial charge < -0.3 is 5.32 Å². The van der Waals surface area contributed by atoms with Crippen LogP contribution in [-0.4, -0.2) is 30.9 Å². The van der Waals surface area contributed by atoms with Gasteiger partial charge in [-0.3, -0.25) is 14.6 Å². The molecule has 7 heteroatoms. The lowest BCUT2D eigenvalue weighted by Crippen LogP contribution is -2.13. The van der Waals surface area contributed by atoms with Crippen molar-refractivity contribution in [3.63, 3.8) is 0 Å². The van der Waals surface area contributed by atoms with E-state index in [-0.39, 0.29) is 11.8 Å². The summed E-state index contributed by atoms with van der Waals surface area (Å²) in [6, 6.07) is 7.50. The molecule has 0 radical (unpaired) electrons. The molecule has 26 heavy (non-hydrogen) atoms. The highest BCUT2D eigenvalue weighted by Gasteiger charge is 2.14. The van der Waals surface area contributed by atoms with Crippen molar-refractivity contribution in [3.8, 4) is 11.4 Å². The van der Waals surface area contributed by atoms with Crippen LogP contribution in [0.3, 0.4) is 0 Å². The van der Waals surface area contributed by atoms with Crippen LogP contribution in [0.15, 0.2) is 42.2 Å². The standard InChI is InChI=1S/C19H22N6O/c1-12(2)17-22-18(24-23-17)15-7-5-6-8-16(15)21-19(26)13(3)9-14-10-20-25(4)11-14/h5-12H,1-4H3,(H,21,26)(H,22,23,24)/b13-9+. The van der Waals surface area contributed by atoms with Crippen LogP contribution < -0.4 is 5.32 Å². The van der Waals surface area contributed by atoms with Gasteiger partial charge in [-0.15, -0.1) is 0 Å². The van der Waals surface area contributed by atoms with Gasteiger partial charge in [0.1, 0.15) is 5.82 Å². The lowest BCUT2D eigenvalue weighted by atomic mass is 10.1. The van der Waals surface area contributed by atoms with E-state index in [1.165, 1.54) is 0 Å². The minimum Gasteiger partial charge on any atom is -0.322 e. The summed E-state index contributed by atoms with van der Waals surface area (Å²) < 4.78 is 1.70. The van der Waals surface area contributed by atoms with Crippen LogP contribution >= 0.6 is 0 Å². The number of para-hydroxylation sites is 1. The van der Waals surface area contributed by atoms with Crippen LogP contribution in [0.4, 0.5) is 5.69 Å². The molecule has 3 aromatic rings. The molecule has 1 amide bonds. The molecular weight excluding hydrogens is 328 g/mol. The van der Waals surface area contributed by atoms with Crippen LogP contribution in [0, 0.1) is 0 Å². The fourth-order valence-corrected chi connectivity index (χ4v) is 2.49. The van der Waals surface area contributed by atoms with Crippen LogP contribution in [0.25, 0.3) is 17.5 Å². The first kappa shape index (κ1) is 17.6. The first-order chi connectivity index (χ1) is 12.4. The summed E-state index contributed by atoms with van der Waals surface area (Å²) in [5, 5.41) is 14.3. The van der Waals surface area contributed by atoms with Crippen molar-refractivity contribution < 1.29 is 4.79 Å². The van der Waals surface area contributed by atoms with Crippen molar-refractivity contribution in [1.29, 1.82) is 0 Å². The lowest BCUT2D eigenvalue weighted by Gasteiger charge is -2.09. The van der Waals surface area contributed by atoms with Gasteiger partial charge in [0.25, 0.3) is 5.91 Å². The van der Waals surface area contributed by atoms with Gasteiger partial charge in [-0.25, -0.2) is 4.98 Å². The Bertz CT molecular complexity index is 950. The van der Waals surface area contributed by atoms with Crippen LogP contribution in [0.1, 0.15) is 38.1 Å². The highest BCUT2D eigenvalue weighted by molar-refractivity contribution is 6.07. The number of hydrogen-bond acceptors (Lipinski definition) is 4. The Hall–Kier alpha value is -3.22. The van der Waals surface area contributed by atoms with Crippen molar-refractivity contribution in [3.05, 3.63) is 53.6 Å². The van der Waals surface area contributed by atoms with Gasteiger partial charge in [-0.1, -0.05) is 26.0 Å². The third kappa shape index (κ3) is 3.88. The lowest BCUT2D eigenvalue weighted by molar-refractivity contribution is -0.112. The zero-order valence-corrected chi connectivity index (χ0v) is 15.3. The number of carbonyl (C=O) groups is 1. The number of hydrogen-bond donors (Lipinski definition) is 2. The summed E-state index contributed by atoms with van der Waals surface area (Å²) in [6.45, 7) is 5.86. The van der Waals surface area contributed by atoms with Gasteiger partial charge >= 0.3 is 0 Å². The number of rotatable bonds is 5. The molecule has 7 nitrogen and oxygen atoms in total. The Labute approximate surface area is 152 Å². The predicted octanol–water partition coefficient (Wildman–Crippen LogP) is 3.37. The summed E-state index contributed by atoms with van der Waals surface area (Å²) in [7, 11) is 1.84. The van der Waals surface area contributed by atoms with Gasteiger partial charge in [0, 0.05) is 35.9 Å². The van der Waals surface area contributed by atoms with Gasteiger partial charge in [0.15, 0.2) is 5.82 Å². The average Bonchev–Trinajstić information content (AvgIpc) is 3.24. The summed E-state index contributed by atoms with van der Waals surface area (Å²) in [5.74, 6) is 1.45. The third-order valence-corrected chi connectivity index (χ3v) is 3.93. The number of amides is 1. The van der Waals surface area contributed by atoms with E-state index >= 15 is 0 Å². The number of carbonyl (C=O) groups excluding carboxylic acids is 1. The Morgan fingerprint density at radius 1 is 1.31 bits per heavy atom. The molecule has 0 unspecified atom stereocenters. The Morgan fingerprint density at radius 2 is 2.08 bits per heavy atom. The largest absolute Gasteiger partial charge is 0.322 e. The number of aromatic amines is 1. The van der Waals surface area contributed by atoms with Crippen LogP contribution in [-0.2, 0) is 11.8 Å². The van der Waals surface area contributed by atoms with Crippen molar-refractivity contribution in [1.82, 2.24) is 25.0 Å². The number of benzene rings is 1. The van der Waals surface area contributed by atoms with E-state index in [1.54, 1.807) is 23.9 Å². The predicted molar refractivity (Wildman–Crippen MR) is 101 cm³/mol. The summed E-state index contributed by atoms with van der Waals surface area (Å²) >= 11 is 0. The number of aryl methyl sites for hydroxylation is 1. The van der Waals surface area contributed by atoms with E-state index in [4.69, 9.17) is 0 Å². The molecule has 2 N–H and O–H groups in total. The van der Waals surface area contributed by atoms with E-state index in [2.05, 4.69) is 25.6 Å². The molecule has 0 aliphatic carbocycles. The first-order valence-electron chi connectivity index (χ1n) is 8.44. The number of nitrogens with zero attached hydrogens (tertiary/aromatic N) is 4. The molecule has 0 bridgehead atoms. The molecule has 0 saturated heterocycles. The molecule has 0 fully saturated rings. The first-order valence-corrected chi connectivity index (χ1v) is 8.44. The highest BCUT2D eigenvalue weighted by atomic mass is 16.1. The number of anilines is 1. The smallest absolute Gasteiger partial charge is 0.251 e. The van der Waals surface area contributed by atoms with Gasteiger partial charge in [-0.2, -0.15) is 10.2 Å². The molecule has 0 spiro atoms. The monoisotopic (exact) mass is 350 g/mol. The van der Waals surface area contributed by atoms with Crippen molar-refractivity contribution >= 4 is 17.7 Å². The van der Waals surface area contributed by atoms with E-state index in [1.807, 2.05) is 51.4 Å². The average molecular weight is 350 g/mol. The van der Waals surface area contributed by atoms with E-state index < -0.39 is 0 Å². The van der Waals surface area contributed by atoms with Crippen molar-refractivity contribution in [2.24, 2.45) is 7.05 Å². The quantitative estimate of drug-likeness (QED) is 0.691. The fourth-order valence-electron chi connectivity index (χ4n) is 2.49. The highest BCUT2D eigenvalue weighted by Crippen LogP contribution is 2.26. The number of nitrogens with one attached hydrogen (secondary N) is 2. The summed E-state index contributed by atoms with van der Waals surface area (Å²) in [6.07, 6.45) is 5.37. The second kappa shape index (κ2) is 7.35. The summed E-state index contributed by atoms with van der Waals surface area (Å²) in [4.78, 5) is 17.1. The molecule has 0 aliphatic heterocycles. The topological polar surface area (TPSA) is 88.5 Å². The summed E-state index contributed by atoms with van der Waals surface area (Å²) in [5.41, 5.74) is 2.92. The second-order valence-electron chi connectivity index (χ2n) is 6.47. The van der Waals surface area contributed by atoms with E-state index in [0.717, 1.165) is 17.0 Å². The SMILES string of the molecule is C/C(=C\c1cnn(C)c1)C(=O)Nc1ccccc1-c1n[nH]c(C(C)C)n1. The van der Waals surface area contributed by atoms with E-state index in [0.29, 0.717) is 17.1 Å². The molecular formula is C19H22N6O. The Balaban J connectivity index is 1.83. The Morgan fingerprint density at radius 3 is 2.73 bits per heavy atom. The number of aromatic nitrogens is 5. The zero-order valence-electron chi connectivity index (χ0n) is 15.3. The van der Waals surface area contributed by atoms with Gasteiger partial charge in [0.2, 0.25) is 0 Å². The Kier molecular flexibility index (Phi) is 4.97. The second-order valence-corrected chi connectivity index (χ2v) is 6.47. The van der Waals surface area contributed by atoms with Crippen molar-refractivity contribution in [2.45, 2.75) is 26.7 Å². The molecule has 2 aromatic heterocycles. The number of H-pyrrole nitrogens is 1.